The molecular formula is C11H8Br2ClNO4S. The van der Waals surface area contributed by atoms with Crippen molar-refractivity contribution in [3.63, 3.8) is 0 Å². The Balaban J connectivity index is 2.88. The van der Waals surface area contributed by atoms with Crippen molar-refractivity contribution in [1.29, 1.82) is 0 Å². The summed E-state index contributed by atoms with van der Waals surface area (Å²) in [5.74, 6) is 2.15. The highest BCUT2D eigenvalue weighted by atomic mass is 79.9. The van der Waals surface area contributed by atoms with Crippen LogP contribution in [0.4, 0.5) is 0 Å². The number of nitrogens with one attached hydrogen (secondary N) is 1. The van der Waals surface area contributed by atoms with E-state index in [1.54, 1.807) is 0 Å². The largest absolute Gasteiger partial charge is 0.481 e. The number of rotatable bonds is 5. The van der Waals surface area contributed by atoms with Crippen LogP contribution in [-0.4, -0.2) is 27.5 Å². The summed E-state index contributed by atoms with van der Waals surface area (Å²) in [5, 5.41) is 2.43. The summed E-state index contributed by atoms with van der Waals surface area (Å²) in [7, 11) is 1.39. The first-order valence-corrected chi connectivity index (χ1v) is 8.92. The highest BCUT2D eigenvalue weighted by Crippen LogP contribution is 2.36. The van der Waals surface area contributed by atoms with E-state index in [1.165, 1.54) is 12.1 Å². The maximum Gasteiger partial charge on any atom is 0.261 e. The summed E-state index contributed by atoms with van der Waals surface area (Å²) >= 11 is 6.30. The van der Waals surface area contributed by atoms with Gasteiger partial charge < -0.3 is 10.1 Å². The summed E-state index contributed by atoms with van der Waals surface area (Å²) in [5.41, 5.74) is 0. The number of halogens is 3. The molecular weight excluding hydrogens is 437 g/mol. The predicted octanol–water partition coefficient (Wildman–Crippen LogP) is 2.27. The molecule has 1 aromatic carbocycles. The van der Waals surface area contributed by atoms with Crippen LogP contribution in [0.25, 0.3) is 0 Å². The average Bonchev–Trinajstić information content (AvgIpc) is 2.34. The standard InChI is InChI=1S/C11H8Br2ClNO4S/c1-2-3-15-10(16)6-19-11-8(12)4-7(5-9(11)13)20(14,17)18/h1,4-5H,3,6H2,(H,15,16). The number of ether oxygens (including phenoxy) is 1. The van der Waals surface area contributed by atoms with Gasteiger partial charge in [-0.25, -0.2) is 8.42 Å². The molecule has 0 unspecified atom stereocenters. The lowest BCUT2D eigenvalue weighted by molar-refractivity contribution is -0.122. The lowest BCUT2D eigenvalue weighted by atomic mass is 10.3. The number of amides is 1. The first-order valence-electron chi connectivity index (χ1n) is 5.02. The van der Waals surface area contributed by atoms with Gasteiger partial charge in [-0.1, -0.05) is 5.92 Å². The van der Waals surface area contributed by atoms with Gasteiger partial charge in [0.25, 0.3) is 15.0 Å². The fourth-order valence-corrected chi connectivity index (χ4v) is 3.66. The zero-order chi connectivity index (χ0) is 15.3. The third-order valence-electron chi connectivity index (χ3n) is 1.99. The lowest BCUT2D eigenvalue weighted by Gasteiger charge is -2.11. The molecule has 108 valence electrons. The van der Waals surface area contributed by atoms with Crippen molar-refractivity contribution in [2.45, 2.75) is 4.90 Å². The van der Waals surface area contributed by atoms with E-state index < -0.39 is 15.0 Å². The van der Waals surface area contributed by atoms with Crippen molar-refractivity contribution < 1.29 is 17.9 Å². The quantitative estimate of drug-likeness (QED) is 0.558. The van der Waals surface area contributed by atoms with Crippen molar-refractivity contribution in [1.82, 2.24) is 5.32 Å². The van der Waals surface area contributed by atoms with E-state index in [9.17, 15) is 13.2 Å². The number of carbonyl (C=O) groups excluding carboxylic acids is 1. The molecule has 0 saturated carbocycles. The number of hydrogen-bond acceptors (Lipinski definition) is 4. The van der Waals surface area contributed by atoms with Gasteiger partial charge in [0.1, 0.15) is 5.75 Å². The van der Waals surface area contributed by atoms with Gasteiger partial charge in [0.2, 0.25) is 0 Å². The summed E-state index contributed by atoms with van der Waals surface area (Å²) in [4.78, 5) is 11.2. The smallest absolute Gasteiger partial charge is 0.261 e. The van der Waals surface area contributed by atoms with Gasteiger partial charge in [-0.2, -0.15) is 0 Å². The zero-order valence-electron chi connectivity index (χ0n) is 9.82. The van der Waals surface area contributed by atoms with E-state index in [1.807, 2.05) is 0 Å². The molecule has 5 nitrogen and oxygen atoms in total. The molecule has 1 amide bonds. The molecule has 0 bridgehead atoms. The molecule has 1 N–H and O–H groups in total. The molecule has 0 aromatic heterocycles. The Bertz CT molecular complexity index is 646. The molecule has 0 heterocycles. The van der Waals surface area contributed by atoms with Crippen molar-refractivity contribution in [2.24, 2.45) is 0 Å². The second-order valence-electron chi connectivity index (χ2n) is 3.42. The van der Waals surface area contributed by atoms with Crippen LogP contribution in [0.1, 0.15) is 0 Å². The first-order chi connectivity index (χ1) is 9.25. The number of benzene rings is 1. The van der Waals surface area contributed by atoms with E-state index in [-0.39, 0.29) is 23.8 Å². The van der Waals surface area contributed by atoms with Gasteiger partial charge in [-0.15, -0.1) is 6.42 Å². The second-order valence-corrected chi connectivity index (χ2v) is 7.70. The van der Waals surface area contributed by atoms with Crippen LogP contribution >= 0.6 is 42.5 Å². The normalized spacial score (nSPS) is 10.7. The Morgan fingerprint density at radius 2 is 1.95 bits per heavy atom. The highest BCUT2D eigenvalue weighted by Gasteiger charge is 2.17. The van der Waals surface area contributed by atoms with Crippen molar-refractivity contribution in [3.05, 3.63) is 21.1 Å². The Morgan fingerprint density at radius 3 is 2.40 bits per heavy atom. The minimum Gasteiger partial charge on any atom is -0.481 e. The molecule has 9 heteroatoms. The fourth-order valence-electron chi connectivity index (χ4n) is 1.15. The third kappa shape index (κ3) is 4.98. The molecule has 0 atom stereocenters. The molecule has 0 fully saturated rings. The molecule has 0 spiro atoms. The zero-order valence-corrected chi connectivity index (χ0v) is 14.6. The fraction of sp³-hybridized carbons (Fsp3) is 0.182. The topological polar surface area (TPSA) is 72.5 Å². The maximum atomic E-state index is 11.3. The van der Waals surface area contributed by atoms with Crippen molar-refractivity contribution in [3.8, 4) is 18.1 Å². The first kappa shape index (κ1) is 17.3. The van der Waals surface area contributed by atoms with E-state index in [4.69, 9.17) is 21.8 Å². The van der Waals surface area contributed by atoms with Crippen LogP contribution < -0.4 is 10.1 Å². The van der Waals surface area contributed by atoms with Crippen LogP contribution in [0.15, 0.2) is 26.0 Å². The molecule has 1 rings (SSSR count). The summed E-state index contributed by atoms with van der Waals surface area (Å²) in [6, 6.07) is 2.56. The van der Waals surface area contributed by atoms with Crippen LogP contribution in [0, 0.1) is 12.3 Å². The summed E-state index contributed by atoms with van der Waals surface area (Å²) in [6.45, 7) is -0.153. The van der Waals surface area contributed by atoms with Gasteiger partial charge in [-0.3, -0.25) is 4.79 Å². The highest BCUT2D eigenvalue weighted by molar-refractivity contribution is 9.11. The second kappa shape index (κ2) is 7.31. The van der Waals surface area contributed by atoms with E-state index >= 15 is 0 Å². The molecule has 0 aliphatic carbocycles. The lowest BCUT2D eigenvalue weighted by Crippen LogP contribution is -2.29. The Labute approximate surface area is 137 Å². The van der Waals surface area contributed by atoms with Gasteiger partial charge in [-0.05, 0) is 44.0 Å². The molecule has 0 radical (unpaired) electrons. The predicted molar refractivity (Wildman–Crippen MR) is 82.2 cm³/mol. The molecule has 20 heavy (non-hydrogen) atoms. The average molecular weight is 446 g/mol. The Morgan fingerprint density at radius 1 is 1.40 bits per heavy atom. The van der Waals surface area contributed by atoms with Crippen LogP contribution in [-0.2, 0) is 13.8 Å². The van der Waals surface area contributed by atoms with Crippen LogP contribution in [0.3, 0.4) is 0 Å². The molecule has 1 aromatic rings. The van der Waals surface area contributed by atoms with Crippen LogP contribution in [0.2, 0.25) is 0 Å². The number of carbonyl (C=O) groups is 1. The Kier molecular flexibility index (Phi) is 6.33. The van der Waals surface area contributed by atoms with Crippen molar-refractivity contribution >= 4 is 57.5 Å². The van der Waals surface area contributed by atoms with Gasteiger partial charge in [0, 0.05) is 10.7 Å². The monoisotopic (exact) mass is 443 g/mol. The Hall–Kier alpha value is -0.750. The minimum atomic E-state index is -3.85. The third-order valence-corrected chi connectivity index (χ3v) is 4.50. The van der Waals surface area contributed by atoms with Crippen molar-refractivity contribution in [2.75, 3.05) is 13.2 Å². The van der Waals surface area contributed by atoms with Crippen LogP contribution in [0.5, 0.6) is 5.75 Å². The molecule has 0 saturated heterocycles. The minimum absolute atomic E-state index is 0.0953. The van der Waals surface area contributed by atoms with Gasteiger partial charge in [0.05, 0.1) is 20.4 Å². The summed E-state index contributed by atoms with van der Waals surface area (Å²) in [6.07, 6.45) is 5.00. The number of hydrogen-bond donors (Lipinski definition) is 1. The van der Waals surface area contributed by atoms with E-state index in [2.05, 4.69) is 43.1 Å². The SMILES string of the molecule is C#CCNC(=O)COc1c(Br)cc(S(=O)(=O)Cl)cc1Br. The molecule has 0 aliphatic heterocycles. The van der Waals surface area contributed by atoms with Gasteiger partial charge >= 0.3 is 0 Å². The maximum absolute atomic E-state index is 11.3. The van der Waals surface area contributed by atoms with E-state index in [0.717, 1.165) is 0 Å². The summed E-state index contributed by atoms with van der Waals surface area (Å²) < 4.78 is 28.4. The number of terminal acetylenes is 1. The van der Waals surface area contributed by atoms with E-state index in [0.29, 0.717) is 8.95 Å². The molecule has 0 aliphatic rings. The van der Waals surface area contributed by atoms with Gasteiger partial charge in [0.15, 0.2) is 6.61 Å².